The monoisotopic (exact) mass is 262 g/mol. The van der Waals surface area contributed by atoms with Crippen LogP contribution in [0.25, 0.3) is 0 Å². The van der Waals surface area contributed by atoms with Crippen LogP contribution in [-0.4, -0.2) is 31.1 Å². The van der Waals surface area contributed by atoms with Crippen LogP contribution in [0, 0.1) is 0 Å². The molecule has 1 aliphatic rings. The average Bonchev–Trinajstić information content (AvgIpc) is 2.31. The van der Waals surface area contributed by atoms with Gasteiger partial charge in [0.15, 0.2) is 0 Å². The van der Waals surface area contributed by atoms with Gasteiger partial charge in [-0.05, 0) is 18.2 Å². The molecular weight excluding hydrogens is 249 g/mol. The zero-order valence-electron chi connectivity index (χ0n) is 9.42. The van der Waals surface area contributed by atoms with Crippen molar-refractivity contribution in [3.63, 3.8) is 0 Å². The molecule has 7 heteroatoms. The first-order chi connectivity index (χ1) is 8.46. The number of hydrogen-bond acceptors (Lipinski definition) is 4. The van der Waals surface area contributed by atoms with Gasteiger partial charge in [0.25, 0.3) is 0 Å². The van der Waals surface area contributed by atoms with Gasteiger partial charge < -0.3 is 20.5 Å². The molecule has 1 heterocycles. The zero-order chi connectivity index (χ0) is 13.2. The number of hydrogen-bond donors (Lipinski definition) is 3. The molecule has 0 amide bonds. The number of alkyl halides is 3. The van der Waals surface area contributed by atoms with Crippen molar-refractivity contribution < 1.29 is 23.0 Å². The number of phenols is 1. The maximum Gasteiger partial charge on any atom is 0.573 e. The molecule has 0 unspecified atom stereocenters. The molecule has 1 atom stereocenters. The summed E-state index contributed by atoms with van der Waals surface area (Å²) in [6, 6.07) is 3.26. The van der Waals surface area contributed by atoms with Crippen molar-refractivity contribution in [2.75, 3.05) is 19.6 Å². The van der Waals surface area contributed by atoms with E-state index < -0.39 is 6.36 Å². The summed E-state index contributed by atoms with van der Waals surface area (Å²) < 4.78 is 40.1. The van der Waals surface area contributed by atoms with Gasteiger partial charge in [-0.2, -0.15) is 0 Å². The van der Waals surface area contributed by atoms with Gasteiger partial charge in [0.1, 0.15) is 11.5 Å². The quantitative estimate of drug-likeness (QED) is 0.756. The molecule has 1 aliphatic heterocycles. The van der Waals surface area contributed by atoms with Crippen LogP contribution in [0.4, 0.5) is 13.2 Å². The molecule has 2 rings (SSSR count). The maximum absolute atomic E-state index is 12.1. The van der Waals surface area contributed by atoms with Crippen molar-refractivity contribution in [3.05, 3.63) is 23.8 Å². The molecule has 0 aliphatic carbocycles. The summed E-state index contributed by atoms with van der Waals surface area (Å²) in [5.41, 5.74) is 0.393. The van der Waals surface area contributed by atoms with Gasteiger partial charge in [-0.25, -0.2) is 0 Å². The Hall–Kier alpha value is -1.47. The van der Waals surface area contributed by atoms with E-state index in [0.29, 0.717) is 18.7 Å². The Morgan fingerprint density at radius 1 is 1.28 bits per heavy atom. The Bertz CT molecular complexity index is 417. The lowest BCUT2D eigenvalue weighted by atomic mass is 10.0. The summed E-state index contributed by atoms with van der Waals surface area (Å²) in [5.74, 6) is -0.381. The van der Waals surface area contributed by atoms with Gasteiger partial charge in [-0.1, -0.05) is 0 Å². The van der Waals surface area contributed by atoms with E-state index in [9.17, 15) is 18.3 Å². The minimum atomic E-state index is -4.73. The minimum Gasteiger partial charge on any atom is -0.508 e. The van der Waals surface area contributed by atoms with Crippen LogP contribution >= 0.6 is 0 Å². The summed E-state index contributed by atoms with van der Waals surface area (Å²) in [6.45, 7) is 2.02. The Balaban J connectivity index is 2.20. The van der Waals surface area contributed by atoms with E-state index in [-0.39, 0.29) is 17.5 Å². The molecule has 18 heavy (non-hydrogen) atoms. The lowest BCUT2D eigenvalue weighted by Crippen LogP contribution is -2.42. The molecule has 0 bridgehead atoms. The molecule has 1 fully saturated rings. The van der Waals surface area contributed by atoms with E-state index in [2.05, 4.69) is 15.4 Å². The van der Waals surface area contributed by atoms with E-state index in [0.717, 1.165) is 12.6 Å². The molecule has 0 radical (unpaired) electrons. The predicted molar refractivity (Wildman–Crippen MR) is 58.4 cm³/mol. The number of piperazine rings is 1. The maximum atomic E-state index is 12.1. The van der Waals surface area contributed by atoms with Crippen LogP contribution < -0.4 is 15.4 Å². The Kier molecular flexibility index (Phi) is 3.63. The van der Waals surface area contributed by atoms with Crippen molar-refractivity contribution >= 4 is 0 Å². The lowest BCUT2D eigenvalue weighted by molar-refractivity contribution is -0.274. The van der Waals surface area contributed by atoms with Crippen LogP contribution in [0.5, 0.6) is 11.5 Å². The number of rotatable bonds is 2. The molecule has 1 saturated heterocycles. The van der Waals surface area contributed by atoms with Gasteiger partial charge in [0.2, 0.25) is 0 Å². The van der Waals surface area contributed by atoms with Crippen molar-refractivity contribution in [1.82, 2.24) is 10.6 Å². The standard InChI is InChI=1S/C11H13F3N2O2/c12-11(13,14)18-7-1-2-10(17)8(5-7)9-6-15-3-4-16-9/h1-2,5,9,15-17H,3-4,6H2/t9-/m1/s1. The normalized spacial score (nSPS) is 20.7. The smallest absolute Gasteiger partial charge is 0.508 e. The van der Waals surface area contributed by atoms with Crippen LogP contribution in [0.3, 0.4) is 0 Å². The lowest BCUT2D eigenvalue weighted by Gasteiger charge is -2.25. The van der Waals surface area contributed by atoms with E-state index in [1.54, 1.807) is 0 Å². The molecule has 4 nitrogen and oxygen atoms in total. The van der Waals surface area contributed by atoms with Crippen LogP contribution in [-0.2, 0) is 0 Å². The first-order valence-corrected chi connectivity index (χ1v) is 5.48. The Morgan fingerprint density at radius 3 is 2.67 bits per heavy atom. The predicted octanol–water partition coefficient (Wildman–Crippen LogP) is 1.52. The van der Waals surface area contributed by atoms with Gasteiger partial charge in [0.05, 0.1) is 0 Å². The highest BCUT2D eigenvalue weighted by atomic mass is 19.4. The van der Waals surface area contributed by atoms with Crippen molar-refractivity contribution in [3.8, 4) is 11.5 Å². The number of benzene rings is 1. The fraction of sp³-hybridized carbons (Fsp3) is 0.455. The number of aromatic hydroxyl groups is 1. The molecule has 3 N–H and O–H groups in total. The molecule has 0 saturated carbocycles. The second kappa shape index (κ2) is 5.03. The summed E-state index contributed by atoms with van der Waals surface area (Å²) in [6.07, 6.45) is -4.73. The number of nitrogens with one attached hydrogen (secondary N) is 2. The van der Waals surface area contributed by atoms with Gasteiger partial charge in [-0.3, -0.25) is 0 Å². The second-order valence-corrected chi connectivity index (χ2v) is 3.98. The average molecular weight is 262 g/mol. The fourth-order valence-corrected chi connectivity index (χ4v) is 1.88. The van der Waals surface area contributed by atoms with E-state index in [1.165, 1.54) is 12.1 Å². The number of ether oxygens (including phenoxy) is 1. The van der Waals surface area contributed by atoms with Gasteiger partial charge >= 0.3 is 6.36 Å². The van der Waals surface area contributed by atoms with Crippen LogP contribution in [0.1, 0.15) is 11.6 Å². The Labute approximate surface area is 102 Å². The largest absolute Gasteiger partial charge is 0.573 e. The first kappa shape index (κ1) is 13.0. The first-order valence-electron chi connectivity index (χ1n) is 5.48. The summed E-state index contributed by atoms with van der Waals surface area (Å²) in [5, 5.41) is 15.9. The van der Waals surface area contributed by atoms with Gasteiger partial charge in [-0.15, -0.1) is 13.2 Å². The molecule has 1 aromatic rings. The number of halogens is 3. The molecule has 0 spiro atoms. The third-order valence-corrected chi connectivity index (χ3v) is 2.65. The third-order valence-electron chi connectivity index (χ3n) is 2.65. The molecular formula is C11H13F3N2O2. The second-order valence-electron chi connectivity index (χ2n) is 3.98. The summed E-state index contributed by atoms with van der Waals surface area (Å²) >= 11 is 0. The summed E-state index contributed by atoms with van der Waals surface area (Å²) in [4.78, 5) is 0. The third kappa shape index (κ3) is 3.27. The highest BCUT2D eigenvalue weighted by molar-refractivity contribution is 5.41. The van der Waals surface area contributed by atoms with Crippen molar-refractivity contribution in [2.45, 2.75) is 12.4 Å². The molecule has 1 aromatic carbocycles. The van der Waals surface area contributed by atoms with E-state index in [4.69, 9.17) is 0 Å². The van der Waals surface area contributed by atoms with Gasteiger partial charge in [0, 0.05) is 31.2 Å². The molecule has 100 valence electrons. The fourth-order valence-electron chi connectivity index (χ4n) is 1.88. The topological polar surface area (TPSA) is 53.5 Å². The van der Waals surface area contributed by atoms with Crippen molar-refractivity contribution in [2.24, 2.45) is 0 Å². The number of phenolic OH excluding ortho intramolecular Hbond substituents is 1. The zero-order valence-corrected chi connectivity index (χ0v) is 9.42. The van der Waals surface area contributed by atoms with Crippen LogP contribution in [0.15, 0.2) is 18.2 Å². The minimum absolute atomic E-state index is 0.0503. The highest BCUT2D eigenvalue weighted by Gasteiger charge is 2.31. The SMILES string of the molecule is Oc1ccc(OC(F)(F)F)cc1[C@H]1CNCCN1. The summed E-state index contributed by atoms with van der Waals surface area (Å²) in [7, 11) is 0. The molecule has 0 aromatic heterocycles. The van der Waals surface area contributed by atoms with Crippen molar-refractivity contribution in [1.29, 1.82) is 0 Å². The Morgan fingerprint density at radius 2 is 2.06 bits per heavy atom. The van der Waals surface area contributed by atoms with E-state index >= 15 is 0 Å². The van der Waals surface area contributed by atoms with Crippen LogP contribution in [0.2, 0.25) is 0 Å². The van der Waals surface area contributed by atoms with E-state index in [1.807, 2.05) is 0 Å². The highest BCUT2D eigenvalue weighted by Crippen LogP contribution is 2.31.